The number of methoxy groups -OCH3 is 1. The minimum absolute atomic E-state index is 0.233. The summed E-state index contributed by atoms with van der Waals surface area (Å²) in [5.41, 5.74) is 0.811. The number of amides is 1. The fourth-order valence-corrected chi connectivity index (χ4v) is 4.47. The molecule has 0 saturated carbocycles. The molecule has 7 nitrogen and oxygen atoms in total. The minimum Gasteiger partial charge on any atom is -0.497 e. The quantitative estimate of drug-likeness (QED) is 0.506. The molecule has 0 unspecified atom stereocenters. The van der Waals surface area contributed by atoms with Gasteiger partial charge in [-0.1, -0.05) is 6.07 Å². The van der Waals surface area contributed by atoms with Crippen LogP contribution >= 0.6 is 11.3 Å². The summed E-state index contributed by atoms with van der Waals surface area (Å²) in [6.07, 6.45) is 0. The molecular weight excluding hydrogens is 412 g/mol. The smallest absolute Gasteiger partial charge is 0.271 e. The van der Waals surface area contributed by atoms with Crippen LogP contribution in [0.15, 0.2) is 70.3 Å². The summed E-state index contributed by atoms with van der Waals surface area (Å²) < 4.78 is 37.8. The highest BCUT2D eigenvalue weighted by molar-refractivity contribution is 7.94. The number of carbonyl (C=O) groups excluding carboxylic acids is 1. The molecule has 152 valence electrons. The number of thiophene rings is 1. The number of ether oxygens (including phenoxy) is 2. The first-order valence-corrected chi connectivity index (χ1v) is 11.1. The maximum Gasteiger partial charge on any atom is 0.271 e. The number of sulfonamides is 1. The van der Waals surface area contributed by atoms with Crippen LogP contribution in [-0.2, 0) is 10.0 Å². The van der Waals surface area contributed by atoms with E-state index in [2.05, 4.69) is 10.0 Å². The molecule has 29 heavy (non-hydrogen) atoms. The van der Waals surface area contributed by atoms with E-state index < -0.39 is 10.0 Å². The second-order valence-electron chi connectivity index (χ2n) is 5.89. The largest absolute Gasteiger partial charge is 0.497 e. The number of carbonyl (C=O) groups is 1. The molecule has 2 N–H and O–H groups in total. The molecule has 0 aliphatic carbocycles. The molecule has 0 saturated heterocycles. The molecule has 0 bridgehead atoms. The molecule has 0 fully saturated rings. The Bertz CT molecular complexity index is 1030. The van der Waals surface area contributed by atoms with E-state index in [1.807, 2.05) is 0 Å². The summed E-state index contributed by atoms with van der Waals surface area (Å²) in [5.74, 6) is 1.16. The van der Waals surface area contributed by atoms with Crippen LogP contribution in [0.2, 0.25) is 0 Å². The Morgan fingerprint density at radius 2 is 1.69 bits per heavy atom. The van der Waals surface area contributed by atoms with Crippen molar-refractivity contribution in [2.45, 2.75) is 4.21 Å². The maximum atomic E-state index is 12.2. The normalized spacial score (nSPS) is 10.9. The van der Waals surface area contributed by atoms with Gasteiger partial charge in [0.15, 0.2) is 0 Å². The molecule has 3 rings (SSSR count). The van der Waals surface area contributed by atoms with Crippen molar-refractivity contribution in [3.8, 4) is 11.5 Å². The van der Waals surface area contributed by atoms with Crippen LogP contribution in [-0.4, -0.2) is 34.6 Å². The van der Waals surface area contributed by atoms with Crippen molar-refractivity contribution in [1.82, 2.24) is 5.32 Å². The first kappa shape index (κ1) is 20.7. The number of hydrogen-bond donors (Lipinski definition) is 2. The molecule has 3 aromatic rings. The van der Waals surface area contributed by atoms with Gasteiger partial charge in [0.05, 0.1) is 13.7 Å². The van der Waals surface area contributed by atoms with Crippen LogP contribution in [0.5, 0.6) is 11.5 Å². The summed E-state index contributed by atoms with van der Waals surface area (Å²) in [5, 5.41) is 4.45. The van der Waals surface area contributed by atoms with Crippen LogP contribution < -0.4 is 19.5 Å². The fraction of sp³-hybridized carbons (Fsp3) is 0.150. The summed E-state index contributed by atoms with van der Waals surface area (Å²) >= 11 is 1.14. The molecule has 9 heteroatoms. The van der Waals surface area contributed by atoms with E-state index in [0.29, 0.717) is 30.2 Å². The van der Waals surface area contributed by atoms with Gasteiger partial charge in [0.2, 0.25) is 0 Å². The average molecular weight is 433 g/mol. The highest BCUT2D eigenvalue weighted by Gasteiger charge is 2.15. The summed E-state index contributed by atoms with van der Waals surface area (Å²) in [7, 11) is -2.01. The minimum atomic E-state index is -3.61. The SMILES string of the molecule is COc1ccc(OCCNC(=O)c2ccc(NS(=O)(=O)c3cccs3)cc2)cc1. The predicted octanol–water partition coefficient (Wildman–Crippen LogP) is 3.37. The van der Waals surface area contributed by atoms with E-state index >= 15 is 0 Å². The molecule has 0 atom stereocenters. The Morgan fingerprint density at radius 1 is 1.00 bits per heavy atom. The van der Waals surface area contributed by atoms with Gasteiger partial charge in [0.1, 0.15) is 22.3 Å². The molecule has 0 aliphatic heterocycles. The first-order valence-electron chi connectivity index (χ1n) is 8.69. The van der Waals surface area contributed by atoms with Gasteiger partial charge in [-0.2, -0.15) is 0 Å². The average Bonchev–Trinajstić information content (AvgIpc) is 3.28. The van der Waals surface area contributed by atoms with Crippen LogP contribution in [0.3, 0.4) is 0 Å². The first-order chi connectivity index (χ1) is 14.0. The van der Waals surface area contributed by atoms with E-state index in [4.69, 9.17) is 9.47 Å². The number of anilines is 1. The third-order valence-corrected chi connectivity index (χ3v) is 6.65. The van der Waals surface area contributed by atoms with Crippen molar-refractivity contribution in [3.63, 3.8) is 0 Å². The zero-order valence-corrected chi connectivity index (χ0v) is 17.3. The standard InChI is InChI=1S/C20H20N2O5S2/c1-26-17-8-10-18(11-9-17)27-13-12-21-20(23)15-4-6-16(7-5-15)22-29(24,25)19-3-2-14-28-19/h2-11,14,22H,12-13H2,1H3,(H,21,23). The second kappa shape index (κ2) is 9.44. The molecule has 0 aliphatic rings. The molecule has 1 heterocycles. The molecular formula is C20H20N2O5S2. The van der Waals surface area contributed by atoms with Gasteiger partial charge in [-0.05, 0) is 60.0 Å². The molecule has 1 amide bonds. The van der Waals surface area contributed by atoms with Crippen LogP contribution in [0.1, 0.15) is 10.4 Å². The second-order valence-corrected chi connectivity index (χ2v) is 8.75. The summed E-state index contributed by atoms with van der Waals surface area (Å²) in [6.45, 7) is 0.647. The van der Waals surface area contributed by atoms with Gasteiger partial charge < -0.3 is 14.8 Å². The number of benzene rings is 2. The molecule has 2 aromatic carbocycles. The lowest BCUT2D eigenvalue weighted by atomic mass is 10.2. The highest BCUT2D eigenvalue weighted by Crippen LogP contribution is 2.20. The van der Waals surface area contributed by atoms with Crippen molar-refractivity contribution in [2.75, 3.05) is 25.0 Å². The third kappa shape index (κ3) is 5.72. The number of rotatable bonds is 9. The summed E-state index contributed by atoms with van der Waals surface area (Å²) in [4.78, 5) is 12.2. The van der Waals surface area contributed by atoms with E-state index in [-0.39, 0.29) is 10.1 Å². The van der Waals surface area contributed by atoms with E-state index in [1.54, 1.807) is 67.1 Å². The van der Waals surface area contributed by atoms with Gasteiger partial charge in [0.25, 0.3) is 15.9 Å². The van der Waals surface area contributed by atoms with Crippen LogP contribution in [0.4, 0.5) is 5.69 Å². The lowest BCUT2D eigenvalue weighted by Crippen LogP contribution is -2.28. The van der Waals surface area contributed by atoms with Crippen LogP contribution in [0.25, 0.3) is 0 Å². The lowest BCUT2D eigenvalue weighted by molar-refractivity contribution is 0.0947. The Labute approximate surface area is 173 Å². The maximum absolute atomic E-state index is 12.2. The zero-order chi connectivity index (χ0) is 20.7. The van der Waals surface area contributed by atoms with E-state index in [9.17, 15) is 13.2 Å². The van der Waals surface area contributed by atoms with E-state index in [0.717, 1.165) is 17.1 Å². The van der Waals surface area contributed by atoms with Gasteiger partial charge >= 0.3 is 0 Å². The molecule has 0 radical (unpaired) electrons. The van der Waals surface area contributed by atoms with Gasteiger partial charge in [-0.25, -0.2) is 8.42 Å². The number of hydrogen-bond acceptors (Lipinski definition) is 6. The van der Waals surface area contributed by atoms with Gasteiger partial charge in [-0.15, -0.1) is 11.3 Å². The number of nitrogens with one attached hydrogen (secondary N) is 2. The van der Waals surface area contributed by atoms with Crippen molar-refractivity contribution in [3.05, 3.63) is 71.6 Å². The van der Waals surface area contributed by atoms with Crippen molar-refractivity contribution >= 4 is 33.0 Å². The van der Waals surface area contributed by atoms with Gasteiger partial charge in [0, 0.05) is 11.3 Å². The Hall–Kier alpha value is -3.04. The third-order valence-electron chi connectivity index (χ3n) is 3.88. The van der Waals surface area contributed by atoms with Crippen LogP contribution in [0, 0.1) is 0 Å². The Kier molecular flexibility index (Phi) is 6.73. The Morgan fingerprint density at radius 3 is 2.31 bits per heavy atom. The molecule has 1 aromatic heterocycles. The zero-order valence-electron chi connectivity index (χ0n) is 15.6. The summed E-state index contributed by atoms with van der Waals surface area (Å²) in [6, 6.07) is 16.6. The van der Waals surface area contributed by atoms with Crippen molar-refractivity contribution in [1.29, 1.82) is 0 Å². The van der Waals surface area contributed by atoms with Crippen molar-refractivity contribution < 1.29 is 22.7 Å². The monoisotopic (exact) mass is 432 g/mol. The topological polar surface area (TPSA) is 93.7 Å². The lowest BCUT2D eigenvalue weighted by Gasteiger charge is -2.09. The molecule has 0 spiro atoms. The van der Waals surface area contributed by atoms with Gasteiger partial charge in [-0.3, -0.25) is 9.52 Å². The fourth-order valence-electron chi connectivity index (χ4n) is 2.42. The van der Waals surface area contributed by atoms with E-state index in [1.165, 1.54) is 6.07 Å². The highest BCUT2D eigenvalue weighted by atomic mass is 32.2. The Balaban J connectivity index is 1.47. The predicted molar refractivity (Wildman–Crippen MR) is 112 cm³/mol. The van der Waals surface area contributed by atoms with Crippen molar-refractivity contribution in [2.24, 2.45) is 0 Å².